The van der Waals surface area contributed by atoms with Crippen LogP contribution in [0.1, 0.15) is 48.9 Å². The second-order valence-corrected chi connectivity index (χ2v) is 6.92. The maximum atomic E-state index is 13.3. The molecule has 0 unspecified atom stereocenters. The van der Waals surface area contributed by atoms with Gasteiger partial charge >= 0.3 is 0 Å². The molecule has 5 rings (SSSR count). The summed E-state index contributed by atoms with van der Waals surface area (Å²) in [5.74, 6) is 1.94. The van der Waals surface area contributed by atoms with Crippen LogP contribution in [-0.4, -0.2) is 10.8 Å². The van der Waals surface area contributed by atoms with E-state index in [0.29, 0.717) is 5.56 Å². The first-order chi connectivity index (χ1) is 9.14. The maximum Gasteiger partial charge on any atom is 0.170 e. The van der Waals surface area contributed by atoms with Crippen LogP contribution in [-0.2, 0) is 0 Å². The highest BCUT2D eigenvalue weighted by Gasteiger charge is 2.54. The Morgan fingerprint density at radius 2 is 1.68 bits per heavy atom. The van der Waals surface area contributed by atoms with Crippen LogP contribution in [0.2, 0.25) is 0 Å². The van der Waals surface area contributed by atoms with E-state index in [1.54, 1.807) is 0 Å². The van der Waals surface area contributed by atoms with Crippen LogP contribution in [0.15, 0.2) is 18.5 Å². The van der Waals surface area contributed by atoms with Gasteiger partial charge in [0.15, 0.2) is 5.78 Å². The Balaban J connectivity index is 1.70. The molecule has 0 aliphatic heterocycles. The molecule has 1 aromatic heterocycles. The molecular formula is C16H18FNO. The minimum absolute atomic E-state index is 0.151. The van der Waals surface area contributed by atoms with Crippen molar-refractivity contribution in [2.24, 2.45) is 23.2 Å². The van der Waals surface area contributed by atoms with Crippen molar-refractivity contribution >= 4 is 5.78 Å². The largest absolute Gasteiger partial charge is 0.293 e. The van der Waals surface area contributed by atoms with Crippen molar-refractivity contribution in [2.75, 3.05) is 0 Å². The number of nitrogens with zero attached hydrogens (tertiary/aromatic N) is 1. The van der Waals surface area contributed by atoms with E-state index < -0.39 is 5.82 Å². The van der Waals surface area contributed by atoms with Crippen LogP contribution < -0.4 is 0 Å². The number of ketones is 1. The Kier molecular flexibility index (Phi) is 2.36. The van der Waals surface area contributed by atoms with Gasteiger partial charge in [0, 0.05) is 17.2 Å². The first-order valence-corrected chi connectivity index (χ1v) is 7.30. The summed E-state index contributed by atoms with van der Waals surface area (Å²) >= 11 is 0. The first kappa shape index (κ1) is 11.6. The average Bonchev–Trinajstić information content (AvgIpc) is 2.36. The van der Waals surface area contributed by atoms with E-state index in [1.165, 1.54) is 31.5 Å². The van der Waals surface area contributed by atoms with Crippen LogP contribution >= 0.6 is 0 Å². The second-order valence-electron chi connectivity index (χ2n) is 6.92. The van der Waals surface area contributed by atoms with E-state index in [4.69, 9.17) is 0 Å². The van der Waals surface area contributed by atoms with Gasteiger partial charge in [0.1, 0.15) is 5.82 Å². The zero-order valence-corrected chi connectivity index (χ0v) is 10.9. The SMILES string of the molecule is O=C(c1cncc(F)c1)C12CC3CC(CC(C3)C1)C2. The summed E-state index contributed by atoms with van der Waals surface area (Å²) in [4.78, 5) is 16.7. The van der Waals surface area contributed by atoms with E-state index in [2.05, 4.69) is 4.98 Å². The Bertz CT molecular complexity index is 504. The van der Waals surface area contributed by atoms with Gasteiger partial charge in [0.05, 0.1) is 6.20 Å². The molecule has 4 aliphatic rings. The topological polar surface area (TPSA) is 30.0 Å². The maximum absolute atomic E-state index is 13.3. The first-order valence-electron chi connectivity index (χ1n) is 7.30. The van der Waals surface area contributed by atoms with Gasteiger partial charge < -0.3 is 0 Å². The lowest BCUT2D eigenvalue weighted by Crippen LogP contribution is -2.50. The fourth-order valence-electron chi connectivity index (χ4n) is 5.23. The summed E-state index contributed by atoms with van der Waals surface area (Å²) < 4.78 is 13.3. The fraction of sp³-hybridized carbons (Fsp3) is 0.625. The summed E-state index contributed by atoms with van der Waals surface area (Å²) in [7, 11) is 0. The third kappa shape index (κ3) is 1.74. The highest BCUT2D eigenvalue weighted by atomic mass is 19.1. The van der Waals surface area contributed by atoms with Crippen molar-refractivity contribution in [3.63, 3.8) is 0 Å². The molecule has 0 amide bonds. The molecule has 0 spiro atoms. The molecule has 0 aromatic carbocycles. The van der Waals surface area contributed by atoms with Crippen molar-refractivity contribution in [2.45, 2.75) is 38.5 Å². The number of rotatable bonds is 2. The number of Topliss-reactive ketones (excluding diaryl/α,β-unsaturated/α-hetero) is 1. The van der Waals surface area contributed by atoms with Gasteiger partial charge in [0.25, 0.3) is 0 Å². The third-order valence-electron chi connectivity index (χ3n) is 5.49. The summed E-state index contributed by atoms with van der Waals surface area (Å²) in [5, 5.41) is 0. The molecule has 1 heterocycles. The van der Waals surface area contributed by atoms with Gasteiger partial charge in [-0.1, -0.05) is 0 Å². The van der Waals surface area contributed by atoms with E-state index in [9.17, 15) is 9.18 Å². The quantitative estimate of drug-likeness (QED) is 0.759. The molecule has 100 valence electrons. The van der Waals surface area contributed by atoms with Crippen molar-refractivity contribution in [1.82, 2.24) is 4.98 Å². The van der Waals surface area contributed by atoms with E-state index in [0.717, 1.165) is 43.2 Å². The Labute approximate surface area is 112 Å². The van der Waals surface area contributed by atoms with E-state index in [1.807, 2.05) is 0 Å². The summed E-state index contributed by atoms with van der Waals surface area (Å²) in [6.07, 6.45) is 9.70. The number of halogens is 1. The van der Waals surface area contributed by atoms with Gasteiger partial charge in [0.2, 0.25) is 0 Å². The molecule has 0 radical (unpaired) electrons. The summed E-state index contributed by atoms with van der Waals surface area (Å²) in [6, 6.07) is 1.36. The predicted molar refractivity (Wildman–Crippen MR) is 69.1 cm³/mol. The number of pyridine rings is 1. The van der Waals surface area contributed by atoms with E-state index >= 15 is 0 Å². The van der Waals surface area contributed by atoms with Crippen molar-refractivity contribution in [1.29, 1.82) is 0 Å². The van der Waals surface area contributed by atoms with Gasteiger partial charge in [-0.2, -0.15) is 0 Å². The van der Waals surface area contributed by atoms with Gasteiger partial charge in [-0.3, -0.25) is 9.78 Å². The van der Waals surface area contributed by atoms with Crippen LogP contribution in [0.3, 0.4) is 0 Å². The lowest BCUT2D eigenvalue weighted by atomic mass is 9.48. The number of aromatic nitrogens is 1. The van der Waals surface area contributed by atoms with Crippen molar-refractivity contribution < 1.29 is 9.18 Å². The normalized spacial score (nSPS) is 39.5. The third-order valence-corrected chi connectivity index (χ3v) is 5.49. The zero-order chi connectivity index (χ0) is 13.0. The molecule has 4 fully saturated rings. The molecule has 3 heteroatoms. The smallest absolute Gasteiger partial charge is 0.170 e. The van der Waals surface area contributed by atoms with Gasteiger partial charge in [-0.05, 0) is 62.3 Å². The summed E-state index contributed by atoms with van der Waals surface area (Å²) in [5.41, 5.74) is 0.284. The van der Waals surface area contributed by atoms with E-state index in [-0.39, 0.29) is 11.2 Å². The average molecular weight is 259 g/mol. The number of hydrogen-bond donors (Lipinski definition) is 0. The number of carbonyl (C=O) groups is 1. The molecule has 1 aromatic rings. The van der Waals surface area contributed by atoms with Crippen LogP contribution in [0, 0.1) is 29.0 Å². The Hall–Kier alpha value is -1.25. The molecule has 0 saturated heterocycles. The number of carbonyl (C=O) groups excluding carboxylic acids is 1. The predicted octanol–water partition coefficient (Wildman–Crippen LogP) is 3.62. The molecule has 0 atom stereocenters. The van der Waals surface area contributed by atoms with Gasteiger partial charge in [-0.15, -0.1) is 0 Å². The fourth-order valence-corrected chi connectivity index (χ4v) is 5.23. The molecule has 4 saturated carbocycles. The lowest BCUT2D eigenvalue weighted by molar-refractivity contribution is -0.0353. The van der Waals surface area contributed by atoms with Crippen molar-refractivity contribution in [3.8, 4) is 0 Å². The molecule has 0 N–H and O–H groups in total. The number of hydrogen-bond acceptors (Lipinski definition) is 2. The second kappa shape index (κ2) is 3.87. The van der Waals surface area contributed by atoms with Crippen LogP contribution in [0.25, 0.3) is 0 Å². The molecule has 4 aliphatic carbocycles. The molecule has 2 nitrogen and oxygen atoms in total. The van der Waals surface area contributed by atoms with Crippen LogP contribution in [0.5, 0.6) is 0 Å². The minimum Gasteiger partial charge on any atom is -0.293 e. The molecule has 4 bridgehead atoms. The van der Waals surface area contributed by atoms with Gasteiger partial charge in [-0.25, -0.2) is 4.39 Å². The standard InChI is InChI=1S/C16H18FNO/c17-14-4-13(8-18-9-14)15(19)16-5-10-1-11(6-16)3-12(2-10)7-16/h4,8-12H,1-3,5-7H2. The monoisotopic (exact) mass is 259 g/mol. The highest BCUT2D eigenvalue weighted by molar-refractivity contribution is 6.00. The Morgan fingerprint density at radius 3 is 2.21 bits per heavy atom. The van der Waals surface area contributed by atoms with Crippen molar-refractivity contribution in [3.05, 3.63) is 29.8 Å². The zero-order valence-electron chi connectivity index (χ0n) is 10.9. The Morgan fingerprint density at radius 1 is 1.11 bits per heavy atom. The highest BCUT2D eigenvalue weighted by Crippen LogP contribution is 2.60. The summed E-state index contributed by atoms with van der Waals surface area (Å²) in [6.45, 7) is 0. The molecule has 19 heavy (non-hydrogen) atoms. The lowest BCUT2D eigenvalue weighted by Gasteiger charge is -2.55. The molecular weight excluding hydrogens is 241 g/mol. The van der Waals surface area contributed by atoms with Crippen LogP contribution in [0.4, 0.5) is 4.39 Å². The minimum atomic E-state index is -0.407.